The van der Waals surface area contributed by atoms with E-state index in [2.05, 4.69) is 41.1 Å². The molecule has 164 valence electrons. The molecule has 0 N–H and O–H groups in total. The lowest BCUT2D eigenvalue weighted by atomic mass is 10.2. The summed E-state index contributed by atoms with van der Waals surface area (Å²) in [6, 6.07) is 31.0. The summed E-state index contributed by atoms with van der Waals surface area (Å²) >= 11 is 0. The maximum atomic E-state index is 13.2. The van der Waals surface area contributed by atoms with Crippen LogP contribution in [0.1, 0.15) is 25.7 Å². The number of carbonyl (C=O) groups is 2. The summed E-state index contributed by atoms with van der Waals surface area (Å²) in [7, 11) is 1.40. The molecule has 0 saturated carbocycles. The first-order valence-electron chi connectivity index (χ1n) is 10.8. The van der Waals surface area contributed by atoms with E-state index in [0.29, 0.717) is 12.8 Å². The van der Waals surface area contributed by atoms with Gasteiger partial charge in [-0.15, -0.1) is 0 Å². The van der Waals surface area contributed by atoms with Gasteiger partial charge in [-0.1, -0.05) is 103 Å². The van der Waals surface area contributed by atoms with E-state index in [4.69, 9.17) is 0 Å². The first kappa shape index (κ1) is 23.5. The molecule has 0 amide bonds. The summed E-state index contributed by atoms with van der Waals surface area (Å²) in [6.07, 6.45) is 6.08. The Kier molecular flexibility index (Phi) is 8.83. The first-order chi connectivity index (χ1) is 15.7. The van der Waals surface area contributed by atoms with Gasteiger partial charge < -0.3 is 4.74 Å². The number of carbonyl (C=O) groups excluding carboxylic acids is 2. The predicted octanol–water partition coefficient (Wildman–Crippen LogP) is 4.64. The zero-order valence-corrected chi connectivity index (χ0v) is 19.3. The van der Waals surface area contributed by atoms with Crippen LogP contribution in [0, 0.1) is 0 Å². The minimum absolute atomic E-state index is 0.0964. The lowest BCUT2D eigenvalue weighted by molar-refractivity contribution is -0.140. The van der Waals surface area contributed by atoms with Crippen molar-refractivity contribution in [3.8, 4) is 0 Å². The Labute approximate surface area is 190 Å². The molecular weight excluding hydrogens is 415 g/mol. The van der Waals surface area contributed by atoms with Gasteiger partial charge in [-0.2, -0.15) is 0 Å². The molecule has 0 spiro atoms. The van der Waals surface area contributed by atoms with Gasteiger partial charge in [0.05, 0.1) is 7.11 Å². The van der Waals surface area contributed by atoms with Crippen molar-refractivity contribution in [2.24, 2.45) is 0 Å². The van der Waals surface area contributed by atoms with Crippen molar-refractivity contribution >= 4 is 40.3 Å². The second-order valence-corrected chi connectivity index (χ2v) is 10.7. The fourth-order valence-electron chi connectivity index (χ4n) is 3.71. The van der Waals surface area contributed by atoms with E-state index in [1.165, 1.54) is 7.11 Å². The predicted molar refractivity (Wildman–Crippen MR) is 136 cm³/mol. The van der Waals surface area contributed by atoms with E-state index in [1.807, 2.05) is 72.5 Å². The fourth-order valence-corrected chi connectivity index (χ4v) is 7.52. The van der Waals surface area contributed by atoms with Crippen molar-refractivity contribution in [3.63, 3.8) is 0 Å². The molecule has 0 unspecified atom stereocenters. The van der Waals surface area contributed by atoms with Crippen LogP contribution in [0.25, 0.3) is 0 Å². The minimum Gasteiger partial charge on any atom is -0.469 e. The number of ether oxygens (including phenoxy) is 1. The molecule has 0 aliphatic carbocycles. The van der Waals surface area contributed by atoms with Crippen molar-refractivity contribution in [2.75, 3.05) is 7.11 Å². The van der Waals surface area contributed by atoms with Gasteiger partial charge in [-0.05, 0) is 41.4 Å². The largest absolute Gasteiger partial charge is 0.469 e. The molecule has 0 aliphatic heterocycles. The van der Waals surface area contributed by atoms with Crippen LogP contribution in [-0.2, 0) is 14.3 Å². The highest BCUT2D eigenvalue weighted by Gasteiger charge is 2.25. The van der Waals surface area contributed by atoms with Crippen LogP contribution in [0.15, 0.2) is 103 Å². The number of rotatable bonds is 10. The van der Waals surface area contributed by atoms with Crippen LogP contribution in [0.3, 0.4) is 0 Å². The molecule has 0 bridgehead atoms. The maximum absolute atomic E-state index is 13.2. The van der Waals surface area contributed by atoms with Gasteiger partial charge in [0.15, 0.2) is 5.78 Å². The molecule has 0 aliphatic rings. The van der Waals surface area contributed by atoms with Crippen LogP contribution < -0.4 is 15.9 Å². The Morgan fingerprint density at radius 2 is 1.22 bits per heavy atom. The average Bonchev–Trinajstić information content (AvgIpc) is 2.86. The minimum atomic E-state index is -2.26. The number of methoxy groups -OCH3 is 1. The fraction of sp³-hybridized carbons (Fsp3) is 0.179. The molecule has 32 heavy (non-hydrogen) atoms. The molecule has 0 saturated heterocycles. The molecule has 0 aromatic heterocycles. The van der Waals surface area contributed by atoms with Gasteiger partial charge in [0.1, 0.15) is 0 Å². The third-order valence-corrected chi connectivity index (χ3v) is 9.31. The normalized spacial score (nSPS) is 11.3. The number of allylic oxidation sites excluding steroid dienone is 2. The number of unbranched alkanes of at least 4 members (excludes halogenated alkanes) is 1. The molecule has 0 heterocycles. The molecule has 0 radical (unpaired) electrons. The number of hydrogen-bond donors (Lipinski definition) is 0. The van der Waals surface area contributed by atoms with E-state index in [-0.39, 0.29) is 11.8 Å². The summed E-state index contributed by atoms with van der Waals surface area (Å²) in [5.74, 6) is 1.86. The Bertz CT molecular complexity index is 984. The van der Waals surface area contributed by atoms with Crippen molar-refractivity contribution in [1.29, 1.82) is 0 Å². The van der Waals surface area contributed by atoms with Crippen LogP contribution in [-0.4, -0.2) is 24.7 Å². The highest BCUT2D eigenvalue weighted by molar-refractivity contribution is 7.95. The smallest absolute Gasteiger partial charge is 0.305 e. The third-order valence-electron chi connectivity index (χ3n) is 5.29. The van der Waals surface area contributed by atoms with Crippen LogP contribution in [0.5, 0.6) is 0 Å². The standard InChI is InChI=1S/C28H29O3P/c1-31-28(30)22-14-3-2-7-15-24(29)23-32(25-16-8-4-9-17-25,26-18-10-5-11-19-26)27-20-12-6-13-21-27/h2,4-13,16-21,23H,3,14-15,22H2,1H3/b7-2-. The van der Waals surface area contributed by atoms with E-state index in [1.54, 1.807) is 0 Å². The highest BCUT2D eigenvalue weighted by atomic mass is 31.2. The van der Waals surface area contributed by atoms with Crippen molar-refractivity contribution < 1.29 is 14.3 Å². The van der Waals surface area contributed by atoms with Crippen LogP contribution in [0.2, 0.25) is 0 Å². The van der Waals surface area contributed by atoms with E-state index in [0.717, 1.165) is 28.8 Å². The third kappa shape index (κ3) is 5.96. The van der Waals surface area contributed by atoms with Gasteiger partial charge in [0, 0.05) is 12.8 Å². The molecule has 0 fully saturated rings. The Balaban J connectivity index is 1.97. The van der Waals surface area contributed by atoms with E-state index in [9.17, 15) is 9.59 Å². The van der Waals surface area contributed by atoms with Gasteiger partial charge in [0.2, 0.25) is 0 Å². The molecule has 0 atom stereocenters. The molecule has 3 rings (SSSR count). The van der Waals surface area contributed by atoms with Crippen molar-refractivity contribution in [3.05, 3.63) is 103 Å². The van der Waals surface area contributed by atoms with Crippen LogP contribution in [0.4, 0.5) is 0 Å². The summed E-state index contributed by atoms with van der Waals surface area (Å²) in [5, 5.41) is 3.48. The van der Waals surface area contributed by atoms with Gasteiger partial charge in [-0.3, -0.25) is 9.59 Å². The monoisotopic (exact) mass is 444 g/mol. The van der Waals surface area contributed by atoms with Gasteiger partial charge >= 0.3 is 5.97 Å². The van der Waals surface area contributed by atoms with E-state index >= 15 is 0 Å². The summed E-state index contributed by atoms with van der Waals surface area (Å²) < 4.78 is 4.66. The highest BCUT2D eigenvalue weighted by Crippen LogP contribution is 2.43. The van der Waals surface area contributed by atoms with Crippen molar-refractivity contribution in [1.82, 2.24) is 0 Å². The number of esters is 1. The average molecular weight is 445 g/mol. The Hall–Kier alpha value is -3.16. The lowest BCUT2D eigenvalue weighted by Gasteiger charge is -2.28. The molecule has 3 aromatic rings. The van der Waals surface area contributed by atoms with E-state index < -0.39 is 6.89 Å². The van der Waals surface area contributed by atoms with Crippen LogP contribution >= 0.6 is 6.89 Å². The summed E-state index contributed by atoms with van der Waals surface area (Å²) in [5.41, 5.74) is 0. The first-order valence-corrected chi connectivity index (χ1v) is 12.7. The number of benzene rings is 3. The Morgan fingerprint density at radius 1 is 0.750 bits per heavy atom. The zero-order chi connectivity index (χ0) is 22.7. The zero-order valence-electron chi connectivity index (χ0n) is 18.4. The summed E-state index contributed by atoms with van der Waals surface area (Å²) in [4.78, 5) is 24.4. The molecular formula is C28H29O3P. The van der Waals surface area contributed by atoms with Crippen molar-refractivity contribution in [2.45, 2.75) is 25.7 Å². The molecule has 4 heteroatoms. The molecule has 3 nitrogen and oxygen atoms in total. The second-order valence-electron chi connectivity index (χ2n) is 7.47. The van der Waals surface area contributed by atoms with Gasteiger partial charge in [-0.25, -0.2) is 0 Å². The lowest BCUT2D eigenvalue weighted by Crippen LogP contribution is -2.28. The Morgan fingerprint density at radius 3 is 1.66 bits per heavy atom. The maximum Gasteiger partial charge on any atom is 0.305 e. The quantitative estimate of drug-likeness (QED) is 0.198. The topological polar surface area (TPSA) is 43.4 Å². The number of Topliss-reactive ketones (excluding diaryl/α,β-unsaturated/α-hetero) is 1. The number of ketones is 1. The SMILES string of the molecule is COC(=O)CCC/C=C\CC(=O)C=P(c1ccccc1)(c1ccccc1)c1ccccc1. The summed E-state index contributed by atoms with van der Waals surface area (Å²) in [6.45, 7) is -2.26. The second kappa shape index (κ2) is 12.0. The number of hydrogen-bond acceptors (Lipinski definition) is 3. The molecule has 3 aromatic carbocycles. The van der Waals surface area contributed by atoms with Gasteiger partial charge in [0.25, 0.3) is 0 Å².